The Balaban J connectivity index is 1.93. The molecular weight excluding hydrogens is 266 g/mol. The Morgan fingerprint density at radius 2 is 2.19 bits per heavy atom. The third-order valence-electron chi connectivity index (χ3n) is 2.80. The number of para-hydroxylation sites is 1. The van der Waals surface area contributed by atoms with Gasteiger partial charge in [-0.25, -0.2) is 4.98 Å². The number of hydrogen-bond donors (Lipinski definition) is 2. The highest BCUT2D eigenvalue weighted by atomic mass is 16.5. The molecule has 1 aromatic heterocycles. The third kappa shape index (κ3) is 4.89. The van der Waals surface area contributed by atoms with E-state index in [4.69, 9.17) is 4.74 Å². The SMILES string of the molecule is C=C(C)COc1ccccc1CNCc1cc(=O)[nH]cn1. The van der Waals surface area contributed by atoms with E-state index >= 15 is 0 Å². The molecule has 2 N–H and O–H groups in total. The first kappa shape index (κ1) is 15.0. The minimum absolute atomic E-state index is 0.146. The Kier molecular flexibility index (Phi) is 5.29. The van der Waals surface area contributed by atoms with Crippen LogP contribution in [0.25, 0.3) is 0 Å². The van der Waals surface area contributed by atoms with Crippen molar-refractivity contribution in [3.8, 4) is 5.75 Å². The fourth-order valence-corrected chi connectivity index (χ4v) is 1.82. The molecule has 0 atom stereocenters. The topological polar surface area (TPSA) is 67.0 Å². The molecule has 0 amide bonds. The van der Waals surface area contributed by atoms with Crippen LogP contribution >= 0.6 is 0 Å². The first-order chi connectivity index (χ1) is 10.1. The van der Waals surface area contributed by atoms with Gasteiger partial charge in [-0.15, -0.1) is 0 Å². The van der Waals surface area contributed by atoms with Crippen LogP contribution in [-0.4, -0.2) is 16.6 Å². The summed E-state index contributed by atoms with van der Waals surface area (Å²) < 4.78 is 5.71. The zero-order valence-corrected chi connectivity index (χ0v) is 12.1. The average Bonchev–Trinajstić information content (AvgIpc) is 2.46. The van der Waals surface area contributed by atoms with Crippen molar-refractivity contribution in [2.45, 2.75) is 20.0 Å². The largest absolute Gasteiger partial charge is 0.489 e. The molecule has 0 saturated carbocycles. The van der Waals surface area contributed by atoms with Crippen molar-refractivity contribution in [3.05, 3.63) is 70.4 Å². The van der Waals surface area contributed by atoms with Crippen LogP contribution in [0.5, 0.6) is 5.75 Å². The van der Waals surface area contributed by atoms with Crippen LogP contribution in [0.2, 0.25) is 0 Å². The molecule has 1 aromatic carbocycles. The molecule has 0 aliphatic carbocycles. The summed E-state index contributed by atoms with van der Waals surface area (Å²) in [6.07, 6.45) is 1.41. The van der Waals surface area contributed by atoms with Gasteiger partial charge in [0.05, 0.1) is 12.0 Å². The van der Waals surface area contributed by atoms with Gasteiger partial charge in [0, 0.05) is 24.7 Å². The summed E-state index contributed by atoms with van der Waals surface area (Å²) >= 11 is 0. The normalized spacial score (nSPS) is 10.3. The summed E-state index contributed by atoms with van der Waals surface area (Å²) in [5.74, 6) is 0.840. The third-order valence-corrected chi connectivity index (χ3v) is 2.80. The Morgan fingerprint density at radius 1 is 1.38 bits per heavy atom. The second kappa shape index (κ2) is 7.40. The van der Waals surface area contributed by atoms with Crippen LogP contribution in [0.1, 0.15) is 18.2 Å². The monoisotopic (exact) mass is 285 g/mol. The van der Waals surface area contributed by atoms with Crippen molar-refractivity contribution in [1.82, 2.24) is 15.3 Å². The van der Waals surface area contributed by atoms with Crippen molar-refractivity contribution in [1.29, 1.82) is 0 Å². The van der Waals surface area contributed by atoms with Gasteiger partial charge in [-0.05, 0) is 18.6 Å². The van der Waals surface area contributed by atoms with Crippen LogP contribution in [0.15, 0.2) is 53.6 Å². The zero-order valence-electron chi connectivity index (χ0n) is 12.1. The Bertz CT molecular complexity index is 664. The van der Waals surface area contributed by atoms with E-state index in [1.54, 1.807) is 0 Å². The van der Waals surface area contributed by atoms with Crippen LogP contribution in [-0.2, 0) is 13.1 Å². The second-order valence-electron chi connectivity index (χ2n) is 4.86. The molecule has 21 heavy (non-hydrogen) atoms. The van der Waals surface area contributed by atoms with Crippen LogP contribution < -0.4 is 15.6 Å². The van der Waals surface area contributed by atoms with Gasteiger partial charge in [-0.1, -0.05) is 24.8 Å². The molecule has 0 radical (unpaired) electrons. The van der Waals surface area contributed by atoms with Gasteiger partial charge in [0.25, 0.3) is 5.56 Å². The van der Waals surface area contributed by atoms with Crippen molar-refractivity contribution >= 4 is 0 Å². The molecule has 110 valence electrons. The maximum absolute atomic E-state index is 11.2. The number of nitrogens with one attached hydrogen (secondary N) is 2. The van der Waals surface area contributed by atoms with E-state index in [1.165, 1.54) is 12.4 Å². The van der Waals surface area contributed by atoms with E-state index in [-0.39, 0.29) is 5.56 Å². The van der Waals surface area contributed by atoms with Gasteiger partial charge in [0.1, 0.15) is 12.4 Å². The molecule has 5 nitrogen and oxygen atoms in total. The smallest absolute Gasteiger partial charge is 0.250 e. The summed E-state index contributed by atoms with van der Waals surface area (Å²) in [5.41, 5.74) is 2.60. The van der Waals surface area contributed by atoms with Crippen LogP contribution in [0, 0.1) is 0 Å². The van der Waals surface area contributed by atoms with Gasteiger partial charge in [-0.2, -0.15) is 0 Å². The van der Waals surface area contributed by atoms with Gasteiger partial charge >= 0.3 is 0 Å². The lowest BCUT2D eigenvalue weighted by Gasteiger charge is -2.12. The molecule has 2 rings (SSSR count). The molecule has 0 fully saturated rings. The zero-order chi connectivity index (χ0) is 15.1. The summed E-state index contributed by atoms with van der Waals surface area (Å²) in [6.45, 7) is 7.43. The second-order valence-corrected chi connectivity index (χ2v) is 4.86. The molecular formula is C16H19N3O2. The Morgan fingerprint density at radius 3 is 2.95 bits per heavy atom. The molecule has 2 aromatic rings. The fourth-order valence-electron chi connectivity index (χ4n) is 1.82. The molecule has 0 bridgehead atoms. The minimum Gasteiger partial charge on any atom is -0.489 e. The first-order valence-electron chi connectivity index (χ1n) is 6.74. The molecule has 0 unspecified atom stereocenters. The lowest BCUT2D eigenvalue weighted by atomic mass is 10.2. The molecule has 0 aliphatic heterocycles. The van der Waals surface area contributed by atoms with E-state index in [0.717, 1.165) is 16.9 Å². The number of nitrogens with zero attached hydrogens (tertiary/aromatic N) is 1. The number of hydrogen-bond acceptors (Lipinski definition) is 4. The maximum atomic E-state index is 11.2. The van der Waals surface area contributed by atoms with Gasteiger partial charge < -0.3 is 15.0 Å². The minimum atomic E-state index is -0.146. The van der Waals surface area contributed by atoms with Crippen LogP contribution in [0.3, 0.4) is 0 Å². The van der Waals surface area contributed by atoms with Crippen molar-refractivity contribution < 1.29 is 4.74 Å². The number of ether oxygens (including phenoxy) is 1. The van der Waals surface area contributed by atoms with E-state index < -0.39 is 0 Å². The highest BCUT2D eigenvalue weighted by Gasteiger charge is 2.03. The predicted octanol–water partition coefficient (Wildman–Crippen LogP) is 2.01. The molecule has 0 aliphatic rings. The van der Waals surface area contributed by atoms with Gasteiger partial charge in [0.2, 0.25) is 0 Å². The summed E-state index contributed by atoms with van der Waals surface area (Å²) in [4.78, 5) is 17.8. The van der Waals surface area contributed by atoms with Gasteiger partial charge in [-0.3, -0.25) is 4.79 Å². The molecule has 0 saturated heterocycles. The van der Waals surface area contributed by atoms with E-state index in [2.05, 4.69) is 21.9 Å². The van der Waals surface area contributed by atoms with E-state index in [1.807, 2.05) is 31.2 Å². The number of aromatic nitrogens is 2. The standard InChI is InChI=1S/C16H19N3O2/c1-12(2)10-21-15-6-4-3-5-13(15)8-17-9-14-7-16(20)19-11-18-14/h3-7,11,17H,1,8-10H2,2H3,(H,18,19,20). The molecule has 1 heterocycles. The van der Waals surface area contributed by atoms with E-state index in [0.29, 0.717) is 25.4 Å². The highest BCUT2D eigenvalue weighted by molar-refractivity contribution is 5.33. The van der Waals surface area contributed by atoms with E-state index in [9.17, 15) is 4.79 Å². The summed E-state index contributed by atoms with van der Waals surface area (Å²) in [6, 6.07) is 9.33. The highest BCUT2D eigenvalue weighted by Crippen LogP contribution is 2.18. The number of H-pyrrole nitrogens is 1. The molecule has 5 heteroatoms. The lowest BCUT2D eigenvalue weighted by molar-refractivity contribution is 0.347. The fraction of sp³-hybridized carbons (Fsp3) is 0.250. The van der Waals surface area contributed by atoms with Crippen LogP contribution in [0.4, 0.5) is 0 Å². The maximum Gasteiger partial charge on any atom is 0.250 e. The number of benzene rings is 1. The summed E-state index contributed by atoms with van der Waals surface area (Å²) in [5, 5.41) is 3.26. The average molecular weight is 285 g/mol. The first-order valence-corrected chi connectivity index (χ1v) is 6.74. The van der Waals surface area contributed by atoms with Gasteiger partial charge in [0.15, 0.2) is 0 Å². The quantitative estimate of drug-likeness (QED) is 0.764. The van der Waals surface area contributed by atoms with Crippen molar-refractivity contribution in [2.75, 3.05) is 6.61 Å². The summed E-state index contributed by atoms with van der Waals surface area (Å²) in [7, 11) is 0. The Hall–Kier alpha value is -2.40. The number of rotatable bonds is 7. The Labute approximate surface area is 123 Å². The molecule has 0 spiro atoms. The van der Waals surface area contributed by atoms with Crippen molar-refractivity contribution in [2.24, 2.45) is 0 Å². The number of aromatic amines is 1. The van der Waals surface area contributed by atoms with Crippen molar-refractivity contribution in [3.63, 3.8) is 0 Å². The predicted molar refractivity (Wildman–Crippen MR) is 82.2 cm³/mol. The lowest BCUT2D eigenvalue weighted by Crippen LogP contribution is -2.17.